The fourth-order valence-electron chi connectivity index (χ4n) is 1.35. The monoisotopic (exact) mass is 287 g/mol. The van der Waals surface area contributed by atoms with Gasteiger partial charge in [0.05, 0.1) is 0 Å². The summed E-state index contributed by atoms with van der Waals surface area (Å²) in [5.74, 6) is -0.495. The van der Waals surface area contributed by atoms with E-state index in [1.54, 1.807) is 30.3 Å². The van der Waals surface area contributed by atoms with Crippen LogP contribution in [-0.4, -0.2) is 6.09 Å². The van der Waals surface area contributed by atoms with E-state index in [0.717, 1.165) is 6.07 Å². The van der Waals surface area contributed by atoms with E-state index in [1.807, 2.05) is 0 Å². The summed E-state index contributed by atoms with van der Waals surface area (Å²) in [5, 5.41) is 3.55. The molecule has 0 aliphatic carbocycles. The number of hydrogen-bond acceptors (Lipinski definition) is 3. The number of rotatable bonds is 2. The molecule has 0 unspecified atom stereocenters. The summed E-state index contributed by atoms with van der Waals surface area (Å²) in [6.07, 6.45) is -5.49. The summed E-state index contributed by atoms with van der Waals surface area (Å²) < 4.78 is 42.3. The minimum Gasteiger partial charge on any atom is -0.409 e. The van der Waals surface area contributed by atoms with Crippen molar-refractivity contribution in [3.63, 3.8) is 0 Å². The van der Waals surface area contributed by atoms with Crippen LogP contribution in [0.1, 0.15) is 4.88 Å². The van der Waals surface area contributed by atoms with E-state index >= 15 is 0 Å². The van der Waals surface area contributed by atoms with Crippen molar-refractivity contribution < 1.29 is 22.7 Å². The van der Waals surface area contributed by atoms with Crippen molar-refractivity contribution in [3.8, 4) is 5.75 Å². The zero-order chi connectivity index (χ0) is 13.9. The number of anilines is 1. The van der Waals surface area contributed by atoms with E-state index in [0.29, 0.717) is 17.0 Å². The molecule has 0 fully saturated rings. The Morgan fingerprint density at radius 2 is 1.84 bits per heavy atom. The van der Waals surface area contributed by atoms with Crippen LogP contribution in [0.2, 0.25) is 0 Å². The molecule has 0 saturated carbocycles. The summed E-state index contributed by atoms with van der Waals surface area (Å²) in [6, 6.07) is 9.41. The average Bonchev–Trinajstić information content (AvgIpc) is 2.78. The average molecular weight is 287 g/mol. The first-order valence-electron chi connectivity index (χ1n) is 5.15. The van der Waals surface area contributed by atoms with Gasteiger partial charge in [0, 0.05) is 5.69 Å². The highest BCUT2D eigenvalue weighted by Crippen LogP contribution is 2.40. The molecule has 0 spiro atoms. The van der Waals surface area contributed by atoms with Crippen molar-refractivity contribution in [2.75, 3.05) is 5.32 Å². The molecule has 1 heterocycles. The molecule has 0 atom stereocenters. The Balaban J connectivity index is 2.06. The van der Waals surface area contributed by atoms with Crippen LogP contribution in [0, 0.1) is 0 Å². The van der Waals surface area contributed by atoms with Gasteiger partial charge in [0.15, 0.2) is 10.6 Å². The molecule has 0 aliphatic rings. The number of para-hydroxylation sites is 1. The predicted molar refractivity (Wildman–Crippen MR) is 65.4 cm³/mol. The first kappa shape index (κ1) is 13.4. The molecular weight excluding hydrogens is 279 g/mol. The molecular formula is C12H8F3NO2S. The third kappa shape index (κ3) is 3.47. The lowest BCUT2D eigenvalue weighted by molar-refractivity contribution is -0.135. The molecule has 7 heteroatoms. The van der Waals surface area contributed by atoms with Crippen LogP contribution in [0.5, 0.6) is 5.75 Å². The van der Waals surface area contributed by atoms with Crippen LogP contribution in [0.4, 0.5) is 23.7 Å². The second kappa shape index (κ2) is 5.31. The number of amides is 1. The highest BCUT2D eigenvalue weighted by molar-refractivity contribution is 7.10. The predicted octanol–water partition coefficient (Wildman–Crippen LogP) is 4.38. The SMILES string of the molecule is O=C(Nc1ccccc1)Oc1ccsc1C(F)(F)F. The summed E-state index contributed by atoms with van der Waals surface area (Å²) >= 11 is 0.475. The largest absolute Gasteiger partial charge is 0.429 e. The van der Waals surface area contributed by atoms with Crippen molar-refractivity contribution in [3.05, 3.63) is 46.7 Å². The Labute approximate surface area is 110 Å². The Morgan fingerprint density at radius 3 is 2.47 bits per heavy atom. The molecule has 100 valence electrons. The molecule has 0 bridgehead atoms. The van der Waals surface area contributed by atoms with Gasteiger partial charge in [0.25, 0.3) is 0 Å². The third-order valence-electron chi connectivity index (χ3n) is 2.11. The first-order valence-corrected chi connectivity index (χ1v) is 6.03. The third-order valence-corrected chi connectivity index (χ3v) is 3.05. The second-order valence-electron chi connectivity index (χ2n) is 3.49. The van der Waals surface area contributed by atoms with E-state index in [-0.39, 0.29) is 0 Å². The molecule has 1 aromatic heterocycles. The summed E-state index contributed by atoms with van der Waals surface area (Å²) in [7, 11) is 0. The number of carbonyl (C=O) groups excluding carboxylic acids is 1. The van der Waals surface area contributed by atoms with Gasteiger partial charge in [0.1, 0.15) is 0 Å². The number of carbonyl (C=O) groups is 1. The number of halogens is 3. The number of nitrogens with one attached hydrogen (secondary N) is 1. The quantitative estimate of drug-likeness (QED) is 0.890. The molecule has 1 aromatic carbocycles. The van der Waals surface area contributed by atoms with Gasteiger partial charge in [-0.2, -0.15) is 13.2 Å². The number of thiophene rings is 1. The van der Waals surface area contributed by atoms with Crippen LogP contribution < -0.4 is 10.1 Å². The van der Waals surface area contributed by atoms with Crippen LogP contribution in [-0.2, 0) is 6.18 Å². The fourth-order valence-corrected chi connectivity index (χ4v) is 2.04. The summed E-state index contributed by atoms with van der Waals surface area (Å²) in [5.41, 5.74) is 0.441. The molecule has 0 radical (unpaired) electrons. The highest BCUT2D eigenvalue weighted by atomic mass is 32.1. The van der Waals surface area contributed by atoms with Crippen molar-refractivity contribution >= 4 is 23.1 Å². The Bertz CT molecular complexity index is 566. The van der Waals surface area contributed by atoms with E-state index in [2.05, 4.69) is 10.1 Å². The van der Waals surface area contributed by atoms with Crippen LogP contribution >= 0.6 is 11.3 Å². The maximum absolute atomic E-state index is 12.6. The molecule has 0 aliphatic heterocycles. The van der Waals surface area contributed by atoms with Gasteiger partial charge in [-0.05, 0) is 23.6 Å². The van der Waals surface area contributed by atoms with Crippen LogP contribution in [0.15, 0.2) is 41.8 Å². The zero-order valence-corrected chi connectivity index (χ0v) is 10.2. The van der Waals surface area contributed by atoms with Gasteiger partial charge in [-0.1, -0.05) is 18.2 Å². The lowest BCUT2D eigenvalue weighted by Gasteiger charge is -2.09. The molecule has 19 heavy (non-hydrogen) atoms. The Kier molecular flexibility index (Phi) is 3.75. The van der Waals surface area contributed by atoms with Crippen molar-refractivity contribution in [1.82, 2.24) is 0 Å². The highest BCUT2D eigenvalue weighted by Gasteiger charge is 2.36. The zero-order valence-electron chi connectivity index (χ0n) is 9.40. The van der Waals surface area contributed by atoms with Gasteiger partial charge in [-0.3, -0.25) is 5.32 Å². The Morgan fingerprint density at radius 1 is 1.16 bits per heavy atom. The lowest BCUT2D eigenvalue weighted by atomic mass is 10.3. The second-order valence-corrected chi connectivity index (χ2v) is 4.41. The van der Waals surface area contributed by atoms with E-state index < -0.39 is 22.9 Å². The number of ether oxygens (including phenoxy) is 1. The Hall–Kier alpha value is -2.02. The van der Waals surface area contributed by atoms with Gasteiger partial charge in [0.2, 0.25) is 0 Å². The molecule has 3 nitrogen and oxygen atoms in total. The van der Waals surface area contributed by atoms with Crippen LogP contribution in [0.3, 0.4) is 0 Å². The molecule has 1 N–H and O–H groups in total. The van der Waals surface area contributed by atoms with E-state index in [4.69, 9.17) is 0 Å². The molecule has 1 amide bonds. The van der Waals surface area contributed by atoms with Gasteiger partial charge in [-0.25, -0.2) is 4.79 Å². The first-order chi connectivity index (χ1) is 8.97. The van der Waals surface area contributed by atoms with Crippen molar-refractivity contribution in [2.24, 2.45) is 0 Å². The minimum absolute atomic E-state index is 0.441. The molecule has 2 rings (SSSR count). The fraction of sp³-hybridized carbons (Fsp3) is 0.0833. The minimum atomic E-state index is -4.53. The van der Waals surface area contributed by atoms with Gasteiger partial charge in [-0.15, -0.1) is 11.3 Å². The van der Waals surface area contributed by atoms with E-state index in [1.165, 1.54) is 5.38 Å². The topological polar surface area (TPSA) is 38.3 Å². The van der Waals surface area contributed by atoms with Crippen molar-refractivity contribution in [2.45, 2.75) is 6.18 Å². The number of benzene rings is 1. The number of alkyl halides is 3. The van der Waals surface area contributed by atoms with Crippen molar-refractivity contribution in [1.29, 1.82) is 0 Å². The maximum atomic E-state index is 12.6. The smallest absolute Gasteiger partial charge is 0.409 e. The van der Waals surface area contributed by atoms with Gasteiger partial charge < -0.3 is 4.74 Å². The molecule has 2 aromatic rings. The van der Waals surface area contributed by atoms with E-state index in [9.17, 15) is 18.0 Å². The number of hydrogen-bond donors (Lipinski definition) is 1. The summed E-state index contributed by atoms with van der Waals surface area (Å²) in [6.45, 7) is 0. The van der Waals surface area contributed by atoms with Crippen LogP contribution in [0.25, 0.3) is 0 Å². The lowest BCUT2D eigenvalue weighted by Crippen LogP contribution is -2.18. The maximum Gasteiger partial charge on any atom is 0.429 e. The van der Waals surface area contributed by atoms with Gasteiger partial charge >= 0.3 is 12.3 Å². The molecule has 0 saturated heterocycles. The summed E-state index contributed by atoms with van der Waals surface area (Å²) in [4.78, 5) is 10.5. The standard InChI is InChI=1S/C12H8F3NO2S/c13-12(14,15)10-9(6-7-19-10)18-11(17)16-8-4-2-1-3-5-8/h1-7H,(H,16,17). The normalized spacial score (nSPS) is 11.1.